The van der Waals surface area contributed by atoms with E-state index in [2.05, 4.69) is 0 Å². The number of hydrogen-bond acceptors (Lipinski definition) is 6. The van der Waals surface area contributed by atoms with E-state index in [0.29, 0.717) is 0 Å². The third kappa shape index (κ3) is 2.48. The fourth-order valence-electron chi connectivity index (χ4n) is 1.91. The molecule has 9 heteroatoms. The molecule has 0 spiro atoms. The van der Waals surface area contributed by atoms with E-state index in [4.69, 9.17) is 10.4 Å². The lowest BCUT2D eigenvalue weighted by molar-refractivity contribution is -0.140. The molecule has 0 aliphatic carbocycles. The number of carbonyl (C=O) groups is 1. The zero-order chi connectivity index (χ0) is 14.2. The van der Waals surface area contributed by atoms with E-state index < -0.39 is 28.1 Å². The normalized spacial score (nSPS) is 24.2. The molecule has 1 aromatic rings. The maximum absolute atomic E-state index is 12.3. The van der Waals surface area contributed by atoms with Gasteiger partial charge in [0.15, 0.2) is 0 Å². The Morgan fingerprint density at radius 2 is 2.21 bits per heavy atom. The summed E-state index contributed by atoms with van der Waals surface area (Å²) in [5.41, 5.74) is 0. The van der Waals surface area contributed by atoms with Crippen LogP contribution in [-0.2, 0) is 14.8 Å². The lowest BCUT2D eigenvalue weighted by atomic mass is 10.2. The molecule has 1 aliphatic heterocycles. The summed E-state index contributed by atoms with van der Waals surface area (Å²) in [6.45, 7) is -0.251. The molecule has 0 aromatic carbocycles. The first-order chi connectivity index (χ1) is 8.86. The van der Waals surface area contributed by atoms with Crippen LogP contribution in [0, 0.1) is 11.3 Å². The van der Waals surface area contributed by atoms with Crippen LogP contribution >= 0.6 is 11.3 Å². The number of hydrogen-bond donors (Lipinski definition) is 2. The van der Waals surface area contributed by atoms with Crippen molar-refractivity contribution in [1.82, 2.24) is 4.31 Å². The molecular weight excluding hydrogens is 292 g/mol. The van der Waals surface area contributed by atoms with Crippen LogP contribution in [0.4, 0.5) is 0 Å². The van der Waals surface area contributed by atoms with E-state index in [1.807, 2.05) is 6.07 Å². The Kier molecular flexibility index (Phi) is 3.60. The number of carboxylic acid groups (broad SMARTS) is 1. The Balaban J connectivity index is 2.39. The molecule has 102 valence electrons. The fourth-order valence-corrected chi connectivity index (χ4v) is 4.77. The van der Waals surface area contributed by atoms with Crippen molar-refractivity contribution in [3.8, 4) is 6.07 Å². The predicted octanol–water partition coefficient (Wildman–Crippen LogP) is -0.172. The lowest BCUT2D eigenvalue weighted by Gasteiger charge is -2.19. The molecule has 0 radical (unpaired) electrons. The van der Waals surface area contributed by atoms with Crippen LogP contribution in [0.5, 0.6) is 0 Å². The maximum atomic E-state index is 12.3. The van der Waals surface area contributed by atoms with E-state index in [9.17, 15) is 18.3 Å². The highest BCUT2D eigenvalue weighted by Crippen LogP contribution is 2.30. The second kappa shape index (κ2) is 4.90. The molecule has 1 aromatic heterocycles. The molecule has 0 amide bonds. The Bertz CT molecular complexity index is 645. The van der Waals surface area contributed by atoms with E-state index in [1.54, 1.807) is 0 Å². The number of sulfonamides is 1. The average molecular weight is 302 g/mol. The van der Waals surface area contributed by atoms with Gasteiger partial charge in [-0.15, -0.1) is 11.3 Å². The van der Waals surface area contributed by atoms with Crippen LogP contribution in [0.1, 0.15) is 11.3 Å². The molecule has 19 heavy (non-hydrogen) atoms. The lowest BCUT2D eigenvalue weighted by Crippen LogP contribution is -2.40. The zero-order valence-electron chi connectivity index (χ0n) is 9.55. The minimum atomic E-state index is -4.00. The third-order valence-electron chi connectivity index (χ3n) is 2.77. The van der Waals surface area contributed by atoms with Crippen molar-refractivity contribution >= 4 is 27.3 Å². The summed E-state index contributed by atoms with van der Waals surface area (Å²) in [7, 11) is -4.00. The van der Waals surface area contributed by atoms with E-state index in [-0.39, 0.29) is 22.1 Å². The monoisotopic (exact) mass is 302 g/mol. The molecule has 1 aliphatic rings. The number of nitriles is 1. The Morgan fingerprint density at radius 1 is 1.53 bits per heavy atom. The van der Waals surface area contributed by atoms with Gasteiger partial charge in [-0.2, -0.15) is 9.57 Å². The third-order valence-corrected chi connectivity index (χ3v) is 6.11. The number of carboxylic acids is 1. The Morgan fingerprint density at radius 3 is 2.74 bits per heavy atom. The van der Waals surface area contributed by atoms with Crippen LogP contribution in [0.2, 0.25) is 0 Å². The maximum Gasteiger partial charge on any atom is 0.322 e. The van der Waals surface area contributed by atoms with Gasteiger partial charge in [0.2, 0.25) is 0 Å². The highest BCUT2D eigenvalue weighted by Gasteiger charge is 2.44. The van der Waals surface area contributed by atoms with Crippen LogP contribution in [0.15, 0.2) is 16.3 Å². The van der Waals surface area contributed by atoms with Gasteiger partial charge in [-0.25, -0.2) is 8.42 Å². The number of nitrogens with zero attached hydrogens (tertiary/aromatic N) is 2. The van der Waals surface area contributed by atoms with Gasteiger partial charge in [0.1, 0.15) is 21.2 Å². The first kappa shape index (κ1) is 14.0. The summed E-state index contributed by atoms with van der Waals surface area (Å²) in [6, 6.07) is 3.18. The van der Waals surface area contributed by atoms with Gasteiger partial charge in [-0.1, -0.05) is 0 Å². The summed E-state index contributed by atoms with van der Waals surface area (Å²) in [5.74, 6) is -1.29. The van der Waals surface area contributed by atoms with Gasteiger partial charge in [0, 0.05) is 13.0 Å². The van der Waals surface area contributed by atoms with Crippen molar-refractivity contribution in [1.29, 1.82) is 5.26 Å². The van der Waals surface area contributed by atoms with Gasteiger partial charge >= 0.3 is 5.97 Å². The van der Waals surface area contributed by atoms with E-state index in [0.717, 1.165) is 15.6 Å². The van der Waals surface area contributed by atoms with Crippen LogP contribution < -0.4 is 0 Å². The van der Waals surface area contributed by atoms with Gasteiger partial charge in [-0.3, -0.25) is 4.79 Å². The number of β-amino-alcohol motifs (C(OH)–C–C–N with tert-alkyl or cyclic N) is 1. The van der Waals surface area contributed by atoms with E-state index >= 15 is 0 Å². The van der Waals surface area contributed by atoms with Crippen LogP contribution in [0.25, 0.3) is 0 Å². The molecule has 2 N–H and O–H groups in total. The fraction of sp³-hybridized carbons (Fsp3) is 0.400. The van der Waals surface area contributed by atoms with Crippen LogP contribution in [-0.4, -0.2) is 47.6 Å². The molecule has 2 heterocycles. The van der Waals surface area contributed by atoms with Crippen molar-refractivity contribution < 1.29 is 23.4 Å². The van der Waals surface area contributed by atoms with Crippen LogP contribution in [0.3, 0.4) is 0 Å². The molecule has 2 atom stereocenters. The molecule has 0 unspecified atom stereocenters. The molecular formula is C10H10N2O5S2. The molecule has 1 saturated heterocycles. The van der Waals surface area contributed by atoms with Crippen molar-refractivity contribution in [3.63, 3.8) is 0 Å². The van der Waals surface area contributed by atoms with Gasteiger partial charge in [0.05, 0.1) is 6.10 Å². The van der Waals surface area contributed by atoms with Gasteiger partial charge < -0.3 is 10.2 Å². The predicted molar refractivity (Wildman–Crippen MR) is 65.0 cm³/mol. The minimum Gasteiger partial charge on any atom is -0.480 e. The Labute approximate surface area is 113 Å². The molecule has 1 fully saturated rings. The molecule has 0 bridgehead atoms. The standard InChI is InChI=1S/C10H10N2O5S2/c11-4-7-1-2-9(18-7)19(16,17)12-5-6(13)3-8(12)10(14)15/h1-2,6,8,13H,3,5H2,(H,14,15)/t6-,8+/m1/s1. The van der Waals surface area contributed by atoms with Gasteiger partial charge in [-0.05, 0) is 12.1 Å². The average Bonchev–Trinajstić information content (AvgIpc) is 2.94. The summed E-state index contributed by atoms with van der Waals surface area (Å²) in [4.78, 5) is 11.3. The molecule has 7 nitrogen and oxygen atoms in total. The summed E-state index contributed by atoms with van der Waals surface area (Å²) >= 11 is 0.776. The van der Waals surface area contributed by atoms with Crippen molar-refractivity contribution in [2.45, 2.75) is 22.8 Å². The van der Waals surface area contributed by atoms with Gasteiger partial charge in [0.25, 0.3) is 10.0 Å². The number of aliphatic hydroxyl groups excluding tert-OH is 1. The van der Waals surface area contributed by atoms with Crippen molar-refractivity contribution in [2.75, 3.05) is 6.54 Å². The summed E-state index contributed by atoms with van der Waals surface area (Å²) in [5, 5.41) is 27.1. The highest BCUT2D eigenvalue weighted by atomic mass is 32.2. The largest absolute Gasteiger partial charge is 0.480 e. The highest BCUT2D eigenvalue weighted by molar-refractivity contribution is 7.91. The minimum absolute atomic E-state index is 0.0931. The smallest absolute Gasteiger partial charge is 0.322 e. The second-order valence-corrected chi connectivity index (χ2v) is 7.25. The topological polar surface area (TPSA) is 119 Å². The van der Waals surface area contributed by atoms with Crippen molar-refractivity contribution in [3.05, 3.63) is 17.0 Å². The molecule has 2 rings (SSSR count). The summed E-state index contributed by atoms with van der Waals surface area (Å²) < 4.78 is 25.2. The number of aliphatic hydroxyl groups is 1. The SMILES string of the molecule is N#Cc1ccc(S(=O)(=O)N2C[C@H](O)C[C@H]2C(=O)O)s1. The zero-order valence-corrected chi connectivity index (χ0v) is 11.2. The second-order valence-electron chi connectivity index (χ2n) is 4.05. The first-order valence-electron chi connectivity index (χ1n) is 5.29. The quantitative estimate of drug-likeness (QED) is 0.800. The summed E-state index contributed by atoms with van der Waals surface area (Å²) in [6.07, 6.45) is -1.13. The number of aliphatic carboxylic acids is 1. The van der Waals surface area contributed by atoms with Crippen molar-refractivity contribution in [2.24, 2.45) is 0 Å². The number of thiophene rings is 1. The Hall–Kier alpha value is -1.47. The van der Waals surface area contributed by atoms with E-state index in [1.165, 1.54) is 12.1 Å². The first-order valence-corrected chi connectivity index (χ1v) is 7.54. The molecule has 0 saturated carbocycles. The number of rotatable bonds is 3.